The summed E-state index contributed by atoms with van der Waals surface area (Å²) in [4.78, 5) is 0.194. The molecule has 0 radical (unpaired) electrons. The summed E-state index contributed by atoms with van der Waals surface area (Å²) in [6.07, 6.45) is 0. The molecule has 1 atom stereocenters. The topological polar surface area (TPSA) is 46.2 Å². The first-order chi connectivity index (χ1) is 7.33. The molecule has 0 saturated carbocycles. The molecule has 0 amide bonds. The van der Waals surface area contributed by atoms with Gasteiger partial charge in [-0.05, 0) is 41.1 Å². The van der Waals surface area contributed by atoms with Gasteiger partial charge >= 0.3 is 0 Å². The van der Waals surface area contributed by atoms with E-state index in [-0.39, 0.29) is 16.8 Å². The van der Waals surface area contributed by atoms with Crippen molar-refractivity contribution in [2.24, 2.45) is 0 Å². The van der Waals surface area contributed by atoms with Crippen LogP contribution >= 0.6 is 43.5 Å². The van der Waals surface area contributed by atoms with Crippen LogP contribution in [-0.4, -0.2) is 20.3 Å². The molecule has 1 N–H and O–H groups in total. The summed E-state index contributed by atoms with van der Waals surface area (Å²) in [6.45, 7) is 1.92. The quantitative estimate of drug-likeness (QED) is 0.802. The van der Waals surface area contributed by atoms with Crippen molar-refractivity contribution >= 4 is 53.5 Å². The Balaban J connectivity index is 3.02. The number of sulfonamides is 1. The van der Waals surface area contributed by atoms with E-state index in [9.17, 15) is 8.42 Å². The third kappa shape index (κ3) is 4.00. The lowest BCUT2D eigenvalue weighted by Crippen LogP contribution is -2.29. The Bertz CT molecular complexity index is 476. The van der Waals surface area contributed by atoms with E-state index in [1.807, 2.05) is 0 Å². The smallest absolute Gasteiger partial charge is 0.210 e. The van der Waals surface area contributed by atoms with Crippen LogP contribution in [0.3, 0.4) is 0 Å². The number of halogens is 3. The SMILES string of the molecule is CC(Cl)CNS(=O)(=O)c1cc(Br)ccc1Br. The Hall–Kier alpha value is 0.380. The Morgan fingerprint density at radius 3 is 2.62 bits per heavy atom. The molecule has 0 fully saturated rings. The monoisotopic (exact) mass is 389 g/mol. The fourth-order valence-electron chi connectivity index (χ4n) is 0.985. The molecule has 1 aromatic rings. The molecular weight excluding hydrogens is 381 g/mol. The summed E-state index contributed by atoms with van der Waals surface area (Å²) < 4.78 is 27.4. The van der Waals surface area contributed by atoms with Crippen LogP contribution in [0, 0.1) is 0 Å². The summed E-state index contributed by atoms with van der Waals surface area (Å²) in [7, 11) is -3.52. The van der Waals surface area contributed by atoms with Crippen molar-refractivity contribution in [3.63, 3.8) is 0 Å². The molecule has 1 unspecified atom stereocenters. The number of rotatable bonds is 4. The molecule has 16 heavy (non-hydrogen) atoms. The maximum atomic E-state index is 11.9. The van der Waals surface area contributed by atoms with E-state index in [1.54, 1.807) is 19.1 Å². The molecule has 0 aliphatic heterocycles. The molecule has 0 spiro atoms. The largest absolute Gasteiger partial charge is 0.241 e. The van der Waals surface area contributed by atoms with Crippen LogP contribution in [0.15, 0.2) is 32.0 Å². The normalized spacial score (nSPS) is 13.8. The zero-order valence-electron chi connectivity index (χ0n) is 8.38. The van der Waals surface area contributed by atoms with E-state index in [0.29, 0.717) is 8.95 Å². The highest BCUT2D eigenvalue weighted by Gasteiger charge is 2.18. The summed E-state index contributed by atoms with van der Waals surface area (Å²) in [5.41, 5.74) is 0. The molecular formula is C9H10Br2ClNO2S. The van der Waals surface area contributed by atoms with E-state index < -0.39 is 10.0 Å². The van der Waals surface area contributed by atoms with Gasteiger partial charge in [-0.25, -0.2) is 13.1 Å². The number of nitrogens with one attached hydrogen (secondary N) is 1. The molecule has 7 heteroatoms. The van der Waals surface area contributed by atoms with E-state index in [0.717, 1.165) is 0 Å². The molecule has 0 aliphatic rings. The predicted molar refractivity (Wildman–Crippen MR) is 72.3 cm³/mol. The van der Waals surface area contributed by atoms with Gasteiger partial charge in [0.05, 0.1) is 4.90 Å². The van der Waals surface area contributed by atoms with Gasteiger partial charge in [0.25, 0.3) is 0 Å². The summed E-state index contributed by atoms with van der Waals surface area (Å²) in [5, 5.41) is -0.249. The molecule has 0 saturated heterocycles. The van der Waals surface area contributed by atoms with Gasteiger partial charge < -0.3 is 0 Å². The molecule has 1 rings (SSSR count). The second-order valence-corrected chi connectivity index (χ2v) is 7.46. The number of hydrogen-bond acceptors (Lipinski definition) is 2. The average Bonchev–Trinajstić information content (AvgIpc) is 2.19. The van der Waals surface area contributed by atoms with Crippen LogP contribution in [0.25, 0.3) is 0 Å². The zero-order chi connectivity index (χ0) is 12.3. The van der Waals surface area contributed by atoms with Gasteiger partial charge in [0.1, 0.15) is 0 Å². The molecule has 0 heterocycles. The van der Waals surface area contributed by atoms with Crippen LogP contribution in [0.2, 0.25) is 0 Å². The molecule has 0 aromatic heterocycles. The highest BCUT2D eigenvalue weighted by Crippen LogP contribution is 2.25. The lowest BCUT2D eigenvalue weighted by Gasteiger charge is -2.09. The zero-order valence-corrected chi connectivity index (χ0v) is 13.1. The lowest BCUT2D eigenvalue weighted by atomic mass is 10.4. The highest BCUT2D eigenvalue weighted by atomic mass is 79.9. The van der Waals surface area contributed by atoms with Crippen molar-refractivity contribution < 1.29 is 8.42 Å². The van der Waals surface area contributed by atoms with Crippen molar-refractivity contribution in [3.8, 4) is 0 Å². The van der Waals surface area contributed by atoms with E-state index in [2.05, 4.69) is 36.6 Å². The van der Waals surface area contributed by atoms with Crippen molar-refractivity contribution in [3.05, 3.63) is 27.1 Å². The van der Waals surface area contributed by atoms with Gasteiger partial charge in [-0.1, -0.05) is 15.9 Å². The van der Waals surface area contributed by atoms with E-state index in [1.165, 1.54) is 6.07 Å². The second kappa shape index (κ2) is 5.82. The molecule has 90 valence electrons. The van der Waals surface area contributed by atoms with Crippen LogP contribution < -0.4 is 4.72 Å². The minimum absolute atomic E-state index is 0.194. The fraction of sp³-hybridized carbons (Fsp3) is 0.333. The second-order valence-electron chi connectivity index (χ2n) is 3.21. The van der Waals surface area contributed by atoms with Gasteiger partial charge in [0.2, 0.25) is 10.0 Å². The Morgan fingerprint density at radius 1 is 1.44 bits per heavy atom. The van der Waals surface area contributed by atoms with Crippen LogP contribution in [-0.2, 0) is 10.0 Å². The van der Waals surface area contributed by atoms with Crippen LogP contribution in [0.1, 0.15) is 6.92 Å². The number of alkyl halides is 1. The minimum atomic E-state index is -3.52. The van der Waals surface area contributed by atoms with Crippen molar-refractivity contribution in [2.45, 2.75) is 17.2 Å². The minimum Gasteiger partial charge on any atom is -0.210 e. The first kappa shape index (κ1) is 14.4. The van der Waals surface area contributed by atoms with Crippen LogP contribution in [0.5, 0.6) is 0 Å². The van der Waals surface area contributed by atoms with Gasteiger partial charge in [-0.15, -0.1) is 11.6 Å². The fourth-order valence-corrected chi connectivity index (χ4v) is 3.78. The number of hydrogen-bond donors (Lipinski definition) is 1. The lowest BCUT2D eigenvalue weighted by molar-refractivity contribution is 0.580. The number of benzene rings is 1. The van der Waals surface area contributed by atoms with Crippen molar-refractivity contribution in [1.82, 2.24) is 4.72 Å². The van der Waals surface area contributed by atoms with Gasteiger partial charge in [-0.3, -0.25) is 0 Å². The van der Waals surface area contributed by atoms with Gasteiger partial charge in [-0.2, -0.15) is 0 Å². The summed E-state index contributed by atoms with van der Waals surface area (Å²) in [5.74, 6) is 0. The third-order valence-electron chi connectivity index (χ3n) is 1.74. The maximum absolute atomic E-state index is 11.9. The Morgan fingerprint density at radius 2 is 2.06 bits per heavy atom. The Labute approximate surface area is 117 Å². The van der Waals surface area contributed by atoms with E-state index in [4.69, 9.17) is 11.6 Å². The molecule has 1 aromatic carbocycles. The highest BCUT2D eigenvalue weighted by molar-refractivity contribution is 9.11. The van der Waals surface area contributed by atoms with Gasteiger partial charge in [0, 0.05) is 20.9 Å². The predicted octanol–water partition coefficient (Wildman–Crippen LogP) is 3.12. The molecule has 0 aliphatic carbocycles. The van der Waals surface area contributed by atoms with Crippen molar-refractivity contribution in [1.29, 1.82) is 0 Å². The maximum Gasteiger partial charge on any atom is 0.241 e. The first-order valence-electron chi connectivity index (χ1n) is 4.41. The van der Waals surface area contributed by atoms with Gasteiger partial charge in [0.15, 0.2) is 0 Å². The molecule has 0 bridgehead atoms. The van der Waals surface area contributed by atoms with Crippen LogP contribution in [0.4, 0.5) is 0 Å². The summed E-state index contributed by atoms with van der Waals surface area (Å²) >= 11 is 12.1. The van der Waals surface area contributed by atoms with Crippen molar-refractivity contribution in [2.75, 3.05) is 6.54 Å². The standard InChI is InChI=1S/C9H10Br2ClNO2S/c1-6(12)5-13-16(14,15)9-4-7(10)2-3-8(9)11/h2-4,6,13H,5H2,1H3. The third-order valence-corrected chi connectivity index (χ3v) is 4.80. The molecule has 3 nitrogen and oxygen atoms in total. The summed E-state index contributed by atoms with van der Waals surface area (Å²) in [6, 6.07) is 4.96. The average molecular weight is 392 g/mol. The van der Waals surface area contributed by atoms with E-state index >= 15 is 0 Å². The first-order valence-corrected chi connectivity index (χ1v) is 7.92. The Kier molecular flexibility index (Phi) is 5.25.